The first kappa shape index (κ1) is 29.0. The number of hydrogen-bond acceptors (Lipinski definition) is 4. The van der Waals surface area contributed by atoms with Crippen molar-refractivity contribution in [3.8, 4) is 44.0 Å². The molecule has 8 rings (SSSR count). The van der Waals surface area contributed by atoms with Crippen LogP contribution >= 0.6 is 24.0 Å². The molecule has 0 atom stereocenters. The molecule has 0 bridgehead atoms. The van der Waals surface area contributed by atoms with Gasteiger partial charge >= 0.3 is 0 Å². The normalized spacial score (nSPS) is 11.1. The van der Waals surface area contributed by atoms with Gasteiger partial charge in [-0.15, -0.1) is 24.0 Å². The second kappa shape index (κ2) is 12.8. The topological polar surface area (TPSA) is 16.1 Å². The summed E-state index contributed by atoms with van der Waals surface area (Å²) in [7, 11) is 0. The van der Waals surface area contributed by atoms with E-state index in [-0.39, 0.29) is 0 Å². The van der Waals surface area contributed by atoms with Crippen LogP contribution in [0.5, 0.6) is 0 Å². The Morgan fingerprint density at radius 3 is 1.55 bits per heavy atom. The number of para-hydroxylation sites is 1. The Morgan fingerprint density at radius 1 is 0.426 bits per heavy atom. The highest BCUT2D eigenvalue weighted by molar-refractivity contribution is 7.80. The van der Waals surface area contributed by atoms with E-state index in [1.54, 1.807) is 11.3 Å². The summed E-state index contributed by atoms with van der Waals surface area (Å²) >= 11 is 6.61. The smallest absolute Gasteiger partial charge is 0.124 e. The van der Waals surface area contributed by atoms with Crippen molar-refractivity contribution in [2.24, 2.45) is 0 Å². The molecule has 224 valence electrons. The fourth-order valence-corrected chi connectivity index (χ4v) is 7.33. The fraction of sp³-hybridized carbons (Fsp3) is 0. The van der Waals surface area contributed by atoms with E-state index < -0.39 is 0 Å². The minimum atomic E-state index is 0.923. The number of hydrogen-bond donors (Lipinski definition) is 1. The van der Waals surface area contributed by atoms with Crippen molar-refractivity contribution in [2.75, 3.05) is 4.90 Å². The van der Waals surface area contributed by atoms with Crippen LogP contribution in [0.1, 0.15) is 0 Å². The zero-order chi connectivity index (χ0) is 31.6. The highest BCUT2D eigenvalue weighted by atomic mass is 32.1. The molecule has 0 saturated carbocycles. The van der Waals surface area contributed by atoms with E-state index in [1.807, 2.05) is 6.07 Å². The summed E-state index contributed by atoms with van der Waals surface area (Å²) in [5.41, 5.74) is 12.4. The maximum atomic E-state index is 4.89. The molecular weight excluding hydrogens is 609 g/mol. The molecule has 7 aromatic carbocycles. The van der Waals surface area contributed by atoms with Crippen LogP contribution in [0.4, 0.5) is 17.1 Å². The van der Waals surface area contributed by atoms with Gasteiger partial charge in [0.25, 0.3) is 0 Å². The van der Waals surface area contributed by atoms with Crippen LogP contribution in [0.25, 0.3) is 54.2 Å². The van der Waals surface area contributed by atoms with E-state index in [2.05, 4.69) is 175 Å². The first-order valence-corrected chi connectivity index (χ1v) is 16.9. The Balaban J connectivity index is 1.11. The summed E-state index contributed by atoms with van der Waals surface area (Å²) < 4.78 is 1.16. The Morgan fingerprint density at radius 2 is 0.915 bits per heavy atom. The number of rotatable bonds is 7. The first-order chi connectivity index (χ1) is 23.2. The zero-order valence-corrected chi connectivity index (χ0v) is 27.2. The molecule has 1 heterocycles. The SMILES string of the molecule is Sc1cc2nc(-c3ccccc3)sc2cc1-c1cccc(-c2ccc(N(c3ccccc3)c3ccc(-c4ccccc4)cc3)cc2)c1. The average Bonchev–Trinajstić information content (AvgIpc) is 3.56. The number of thiol groups is 1. The molecule has 0 aliphatic heterocycles. The Labute approximate surface area is 284 Å². The van der Waals surface area contributed by atoms with E-state index in [0.717, 1.165) is 65.0 Å². The average molecular weight is 639 g/mol. The van der Waals surface area contributed by atoms with Crippen LogP contribution in [0.15, 0.2) is 181 Å². The number of thiazole rings is 1. The number of fused-ring (bicyclic) bond motifs is 1. The summed E-state index contributed by atoms with van der Waals surface area (Å²) in [5.74, 6) is 0. The van der Waals surface area contributed by atoms with Crippen molar-refractivity contribution in [2.45, 2.75) is 4.90 Å². The Kier molecular flexibility index (Phi) is 7.88. The summed E-state index contributed by atoms with van der Waals surface area (Å²) in [6.07, 6.45) is 0. The van der Waals surface area contributed by atoms with E-state index in [9.17, 15) is 0 Å². The molecule has 0 saturated heterocycles. The van der Waals surface area contributed by atoms with Gasteiger partial charge in [0, 0.05) is 27.5 Å². The number of benzene rings is 7. The van der Waals surface area contributed by atoms with Crippen molar-refractivity contribution < 1.29 is 0 Å². The first-order valence-electron chi connectivity index (χ1n) is 15.6. The third-order valence-corrected chi connectivity index (χ3v) is 9.84. The Bertz CT molecular complexity index is 2280. The molecule has 0 N–H and O–H groups in total. The molecule has 0 radical (unpaired) electrons. The van der Waals surface area contributed by atoms with Crippen molar-refractivity contribution in [3.05, 3.63) is 176 Å². The fourth-order valence-electron chi connectivity index (χ4n) is 6.03. The lowest BCUT2D eigenvalue weighted by atomic mass is 9.98. The molecule has 0 aliphatic carbocycles. The molecular formula is C43H30N2S2. The van der Waals surface area contributed by atoms with Crippen LogP contribution in [0.3, 0.4) is 0 Å². The molecule has 47 heavy (non-hydrogen) atoms. The lowest BCUT2D eigenvalue weighted by Crippen LogP contribution is -2.09. The van der Waals surface area contributed by atoms with E-state index in [0.29, 0.717) is 0 Å². The van der Waals surface area contributed by atoms with Gasteiger partial charge in [-0.05, 0) is 88.0 Å². The van der Waals surface area contributed by atoms with Crippen molar-refractivity contribution in [3.63, 3.8) is 0 Å². The highest BCUT2D eigenvalue weighted by Gasteiger charge is 2.14. The molecule has 8 aromatic rings. The predicted molar refractivity (Wildman–Crippen MR) is 203 cm³/mol. The van der Waals surface area contributed by atoms with Gasteiger partial charge in [-0.3, -0.25) is 0 Å². The van der Waals surface area contributed by atoms with Gasteiger partial charge < -0.3 is 4.90 Å². The number of nitrogens with zero attached hydrogens (tertiary/aromatic N) is 2. The van der Waals surface area contributed by atoms with Gasteiger partial charge in [-0.2, -0.15) is 0 Å². The van der Waals surface area contributed by atoms with Crippen molar-refractivity contribution in [1.29, 1.82) is 0 Å². The van der Waals surface area contributed by atoms with Crippen molar-refractivity contribution in [1.82, 2.24) is 4.98 Å². The summed E-state index contributed by atoms with van der Waals surface area (Å²) in [5, 5.41) is 1.02. The molecule has 0 spiro atoms. The van der Waals surface area contributed by atoms with Gasteiger partial charge in [0.15, 0.2) is 0 Å². The van der Waals surface area contributed by atoms with Crippen LogP contribution in [-0.4, -0.2) is 4.98 Å². The molecule has 0 fully saturated rings. The van der Waals surface area contributed by atoms with Crippen LogP contribution < -0.4 is 4.90 Å². The third kappa shape index (κ3) is 5.97. The largest absolute Gasteiger partial charge is 0.311 e. The number of anilines is 3. The molecule has 2 nitrogen and oxygen atoms in total. The molecule has 0 unspecified atom stereocenters. The van der Waals surface area contributed by atoms with Crippen LogP contribution in [0.2, 0.25) is 0 Å². The van der Waals surface area contributed by atoms with E-state index in [1.165, 1.54) is 11.1 Å². The second-order valence-corrected chi connectivity index (χ2v) is 12.9. The second-order valence-electron chi connectivity index (χ2n) is 11.4. The maximum absolute atomic E-state index is 4.89. The standard InChI is InChI=1S/C43H30N2S2/c46-41-29-40-42(47-43(44-40)33-13-6-2-7-14-33)28-39(41)35-16-10-15-34(27-35)32-21-25-38(26-22-32)45(36-17-8-3-9-18-36)37-23-19-31(20-24-37)30-11-4-1-5-12-30/h1-29,46H. The summed E-state index contributed by atoms with van der Waals surface area (Å²) in [6.45, 7) is 0. The predicted octanol–water partition coefficient (Wildman–Crippen LogP) is 12.7. The van der Waals surface area contributed by atoms with Gasteiger partial charge in [0.05, 0.1) is 10.2 Å². The van der Waals surface area contributed by atoms with E-state index in [4.69, 9.17) is 17.6 Å². The highest BCUT2D eigenvalue weighted by Crippen LogP contribution is 2.39. The minimum absolute atomic E-state index is 0.923. The molecule has 0 aliphatic rings. The molecule has 1 aromatic heterocycles. The van der Waals surface area contributed by atoms with E-state index >= 15 is 0 Å². The zero-order valence-electron chi connectivity index (χ0n) is 25.5. The monoisotopic (exact) mass is 638 g/mol. The van der Waals surface area contributed by atoms with Crippen LogP contribution in [-0.2, 0) is 0 Å². The van der Waals surface area contributed by atoms with Gasteiger partial charge in [-0.1, -0.05) is 121 Å². The number of aromatic nitrogens is 1. The van der Waals surface area contributed by atoms with Crippen LogP contribution in [0, 0.1) is 0 Å². The lowest BCUT2D eigenvalue weighted by molar-refractivity contribution is 1.28. The summed E-state index contributed by atoms with van der Waals surface area (Å²) in [4.78, 5) is 8.12. The third-order valence-electron chi connectivity index (χ3n) is 8.41. The van der Waals surface area contributed by atoms with Gasteiger partial charge in [0.2, 0.25) is 0 Å². The lowest BCUT2D eigenvalue weighted by Gasteiger charge is -2.26. The van der Waals surface area contributed by atoms with Gasteiger partial charge in [0.1, 0.15) is 5.01 Å². The van der Waals surface area contributed by atoms with Crippen molar-refractivity contribution >= 4 is 51.2 Å². The molecule has 4 heteroatoms. The Hall–Kier alpha value is -5.42. The maximum Gasteiger partial charge on any atom is 0.124 e. The molecule has 0 amide bonds. The quantitative estimate of drug-likeness (QED) is 0.175. The minimum Gasteiger partial charge on any atom is -0.311 e. The van der Waals surface area contributed by atoms with Gasteiger partial charge in [-0.25, -0.2) is 4.98 Å². The summed E-state index contributed by atoms with van der Waals surface area (Å²) in [6, 6.07) is 62.0.